The second kappa shape index (κ2) is 9.66. The number of amides is 1. The molecule has 0 radical (unpaired) electrons. The zero-order chi connectivity index (χ0) is 24.2. The molecule has 2 aromatic heterocycles. The van der Waals surface area contributed by atoms with Gasteiger partial charge in [0.15, 0.2) is 5.69 Å². The molecule has 0 atom stereocenters. The van der Waals surface area contributed by atoms with Gasteiger partial charge in [0.25, 0.3) is 5.91 Å². The third-order valence-corrected chi connectivity index (χ3v) is 4.46. The summed E-state index contributed by atoms with van der Waals surface area (Å²) in [5.41, 5.74) is -1.85. The molecule has 33 heavy (non-hydrogen) atoms. The highest BCUT2D eigenvalue weighted by Crippen LogP contribution is 2.37. The highest BCUT2D eigenvalue weighted by molar-refractivity contribution is 6.06. The fourth-order valence-electron chi connectivity index (χ4n) is 3.01. The fraction of sp³-hybridized carbons (Fsp3) is 0.292. The van der Waals surface area contributed by atoms with Crippen LogP contribution in [0.5, 0.6) is 0 Å². The first-order valence-electron chi connectivity index (χ1n) is 10.1. The molecule has 174 valence electrons. The molecular weight excluding hydrogens is 438 g/mol. The van der Waals surface area contributed by atoms with Crippen LogP contribution in [0.15, 0.2) is 60.9 Å². The zero-order valence-electron chi connectivity index (χ0n) is 18.4. The highest BCUT2D eigenvalue weighted by Gasteiger charge is 2.39. The summed E-state index contributed by atoms with van der Waals surface area (Å²) in [5, 5.41) is 0. The van der Waals surface area contributed by atoms with E-state index in [4.69, 9.17) is 4.74 Å². The van der Waals surface area contributed by atoms with Gasteiger partial charge in [-0.2, -0.15) is 13.2 Å². The molecule has 3 aromatic rings. The van der Waals surface area contributed by atoms with Crippen molar-refractivity contribution < 1.29 is 27.1 Å². The number of rotatable bonds is 6. The second-order valence-electron chi connectivity index (χ2n) is 8.59. The lowest BCUT2D eigenvalue weighted by atomic mass is 9.99. The van der Waals surface area contributed by atoms with Crippen molar-refractivity contribution in [3.63, 3.8) is 0 Å². The van der Waals surface area contributed by atoms with Gasteiger partial charge in [0.1, 0.15) is 12.5 Å². The summed E-state index contributed by atoms with van der Waals surface area (Å²) in [5.74, 6) is -1.37. The Morgan fingerprint density at radius 2 is 1.73 bits per heavy atom. The number of halogens is 4. The summed E-state index contributed by atoms with van der Waals surface area (Å²) in [4.78, 5) is 21.5. The van der Waals surface area contributed by atoms with Crippen molar-refractivity contribution in [3.8, 4) is 11.3 Å². The van der Waals surface area contributed by atoms with Crippen LogP contribution in [0.4, 0.5) is 23.2 Å². The lowest BCUT2D eigenvalue weighted by Crippen LogP contribution is -2.36. The summed E-state index contributed by atoms with van der Waals surface area (Å²) in [6.45, 7) is 5.52. The first kappa shape index (κ1) is 24.3. The predicted octanol–water partition coefficient (Wildman–Crippen LogP) is 5.97. The quantitative estimate of drug-likeness (QED) is 0.335. The van der Waals surface area contributed by atoms with Gasteiger partial charge in [-0.1, -0.05) is 39.0 Å². The van der Waals surface area contributed by atoms with Gasteiger partial charge in [-0.05, 0) is 35.7 Å². The number of benzene rings is 1. The summed E-state index contributed by atoms with van der Waals surface area (Å²) in [6.07, 6.45) is -2.73. The Hall–Kier alpha value is -3.33. The van der Waals surface area contributed by atoms with Gasteiger partial charge in [-0.3, -0.25) is 14.7 Å². The van der Waals surface area contributed by atoms with Crippen molar-refractivity contribution in [2.24, 2.45) is 5.41 Å². The summed E-state index contributed by atoms with van der Waals surface area (Å²) in [7, 11) is 0. The number of aromatic nitrogens is 2. The highest BCUT2D eigenvalue weighted by atomic mass is 19.4. The number of alkyl halides is 3. The van der Waals surface area contributed by atoms with Crippen LogP contribution in [0.1, 0.15) is 36.8 Å². The first-order valence-corrected chi connectivity index (χ1v) is 10.1. The molecule has 0 bridgehead atoms. The van der Waals surface area contributed by atoms with Crippen LogP contribution in [0.3, 0.4) is 0 Å². The standard InChI is InChI=1S/C24H23F4N3O2/c1-23(2,3)14-33-15-31(22(32)16-7-5-4-6-8-16)20-10-9-19(30-21(20)24(26,27)28)17-11-18(25)13-29-12-17/h4-13H,14-15H2,1-3H3. The van der Waals surface area contributed by atoms with Crippen LogP contribution in [0.25, 0.3) is 11.3 Å². The van der Waals surface area contributed by atoms with E-state index in [0.29, 0.717) is 0 Å². The van der Waals surface area contributed by atoms with Crippen LogP contribution in [-0.4, -0.2) is 29.2 Å². The molecule has 0 saturated carbocycles. The van der Waals surface area contributed by atoms with E-state index in [1.54, 1.807) is 18.2 Å². The Morgan fingerprint density at radius 1 is 1.03 bits per heavy atom. The number of anilines is 1. The normalized spacial score (nSPS) is 12.0. The number of carbonyl (C=O) groups excluding carboxylic acids is 1. The predicted molar refractivity (Wildman–Crippen MR) is 116 cm³/mol. The number of hydrogen-bond acceptors (Lipinski definition) is 4. The lowest BCUT2D eigenvalue weighted by Gasteiger charge is -2.27. The molecule has 2 heterocycles. The van der Waals surface area contributed by atoms with Crippen LogP contribution >= 0.6 is 0 Å². The third-order valence-electron chi connectivity index (χ3n) is 4.46. The number of pyridine rings is 2. The van der Waals surface area contributed by atoms with Gasteiger partial charge in [-0.25, -0.2) is 9.37 Å². The molecule has 3 rings (SSSR count). The van der Waals surface area contributed by atoms with Crippen LogP contribution in [0.2, 0.25) is 0 Å². The minimum Gasteiger partial charge on any atom is -0.360 e. The van der Waals surface area contributed by atoms with Gasteiger partial charge in [0.05, 0.1) is 24.2 Å². The largest absolute Gasteiger partial charge is 0.435 e. The molecule has 1 aromatic carbocycles. The minimum atomic E-state index is -4.88. The fourth-order valence-corrected chi connectivity index (χ4v) is 3.01. The molecule has 0 unspecified atom stereocenters. The van der Waals surface area contributed by atoms with Gasteiger partial charge < -0.3 is 4.74 Å². The number of nitrogens with zero attached hydrogens (tertiary/aromatic N) is 3. The maximum Gasteiger partial charge on any atom is 0.435 e. The van der Waals surface area contributed by atoms with Gasteiger partial charge in [-0.15, -0.1) is 0 Å². The molecule has 0 spiro atoms. The maximum absolute atomic E-state index is 14.0. The molecular formula is C24H23F4N3O2. The third kappa shape index (κ3) is 6.35. The van der Waals surface area contributed by atoms with Crippen molar-refractivity contribution in [3.05, 3.63) is 78.0 Å². The van der Waals surface area contributed by atoms with E-state index in [2.05, 4.69) is 9.97 Å². The molecule has 0 N–H and O–H groups in total. The molecule has 5 nitrogen and oxygen atoms in total. The average Bonchev–Trinajstić information content (AvgIpc) is 2.75. The van der Waals surface area contributed by atoms with Crippen LogP contribution < -0.4 is 4.90 Å². The van der Waals surface area contributed by atoms with Crippen molar-refractivity contribution in [1.29, 1.82) is 0 Å². The zero-order valence-corrected chi connectivity index (χ0v) is 18.4. The molecule has 0 aliphatic carbocycles. The van der Waals surface area contributed by atoms with Gasteiger partial charge >= 0.3 is 6.18 Å². The van der Waals surface area contributed by atoms with Gasteiger partial charge in [0, 0.05) is 17.3 Å². The molecule has 0 aliphatic heterocycles. The van der Waals surface area contributed by atoms with Crippen molar-refractivity contribution in [1.82, 2.24) is 9.97 Å². The van der Waals surface area contributed by atoms with E-state index >= 15 is 0 Å². The lowest BCUT2D eigenvalue weighted by molar-refractivity contribution is -0.140. The summed E-state index contributed by atoms with van der Waals surface area (Å²) < 4.78 is 61.2. The van der Waals surface area contributed by atoms with E-state index in [0.717, 1.165) is 23.2 Å². The second-order valence-corrected chi connectivity index (χ2v) is 8.59. The average molecular weight is 461 g/mol. The summed E-state index contributed by atoms with van der Waals surface area (Å²) >= 11 is 0. The molecule has 9 heteroatoms. The molecule has 0 fully saturated rings. The number of ether oxygens (including phenoxy) is 1. The first-order chi connectivity index (χ1) is 15.5. The van der Waals surface area contributed by atoms with Crippen molar-refractivity contribution in [2.45, 2.75) is 26.9 Å². The van der Waals surface area contributed by atoms with E-state index in [1.807, 2.05) is 20.8 Å². The Balaban J connectivity index is 2.08. The van der Waals surface area contributed by atoms with Crippen LogP contribution in [-0.2, 0) is 10.9 Å². The SMILES string of the molecule is CC(C)(C)COCN(C(=O)c1ccccc1)c1ccc(-c2cncc(F)c2)nc1C(F)(F)F. The Morgan fingerprint density at radius 3 is 2.33 bits per heavy atom. The van der Waals surface area contributed by atoms with E-state index in [1.165, 1.54) is 24.4 Å². The maximum atomic E-state index is 14.0. The van der Waals surface area contributed by atoms with Crippen LogP contribution in [0, 0.1) is 11.2 Å². The summed E-state index contributed by atoms with van der Waals surface area (Å²) in [6, 6.07) is 11.4. The van der Waals surface area contributed by atoms with Crippen molar-refractivity contribution in [2.75, 3.05) is 18.2 Å². The Kier molecular flexibility index (Phi) is 7.12. The van der Waals surface area contributed by atoms with Crippen molar-refractivity contribution >= 4 is 11.6 Å². The van der Waals surface area contributed by atoms with E-state index in [-0.39, 0.29) is 28.8 Å². The molecule has 0 saturated heterocycles. The smallest absolute Gasteiger partial charge is 0.360 e. The number of carbonyl (C=O) groups is 1. The van der Waals surface area contributed by atoms with Gasteiger partial charge in [0.2, 0.25) is 0 Å². The number of hydrogen-bond donors (Lipinski definition) is 0. The minimum absolute atomic E-state index is 0.0805. The van der Waals surface area contributed by atoms with E-state index < -0.39 is 36.0 Å². The topological polar surface area (TPSA) is 55.3 Å². The van der Waals surface area contributed by atoms with E-state index in [9.17, 15) is 22.4 Å². The Labute approximate surface area is 189 Å². The molecule has 0 aliphatic rings. The monoisotopic (exact) mass is 461 g/mol. The molecule has 1 amide bonds. The Bertz CT molecular complexity index is 1110.